The number of esters is 1. The summed E-state index contributed by atoms with van der Waals surface area (Å²) in [6.45, 7) is 10.3. The van der Waals surface area contributed by atoms with Crippen LogP contribution in [-0.4, -0.2) is 127 Å². The maximum atomic E-state index is 13.6. The van der Waals surface area contributed by atoms with E-state index in [2.05, 4.69) is 38.4 Å². The van der Waals surface area contributed by atoms with E-state index in [-0.39, 0.29) is 50.8 Å². The Labute approximate surface area is 322 Å². The molecule has 1 aliphatic rings. The average molecular weight is 774 g/mol. The first-order valence-corrected chi connectivity index (χ1v) is 18.9. The predicted octanol–water partition coefficient (Wildman–Crippen LogP) is 1.48. The zero-order valence-corrected chi connectivity index (χ0v) is 33.0. The zero-order valence-electron chi connectivity index (χ0n) is 33.0. The van der Waals surface area contributed by atoms with Gasteiger partial charge < -0.3 is 49.5 Å². The molecule has 306 valence electrons. The van der Waals surface area contributed by atoms with Gasteiger partial charge in [0.05, 0.1) is 45.1 Å². The first-order valence-electron chi connectivity index (χ1n) is 18.9. The number of hydrogen-bond donors (Lipinski definition) is 4. The first kappa shape index (κ1) is 45.2. The molecule has 1 aromatic carbocycles. The van der Waals surface area contributed by atoms with Crippen molar-refractivity contribution in [2.45, 2.75) is 97.9 Å². The molecule has 0 saturated carbocycles. The number of para-hydroxylation sites is 1. The van der Waals surface area contributed by atoms with Gasteiger partial charge in [-0.25, -0.2) is 0 Å². The number of benzene rings is 1. The Bertz CT molecular complexity index is 1600. The molecule has 0 radical (unpaired) electrons. The van der Waals surface area contributed by atoms with Crippen LogP contribution in [0, 0.1) is 11.8 Å². The number of fused-ring (bicyclic) bond motifs is 1. The fourth-order valence-electron chi connectivity index (χ4n) is 6.50. The van der Waals surface area contributed by atoms with E-state index in [1.54, 1.807) is 6.92 Å². The molecule has 16 heteroatoms. The second-order valence-corrected chi connectivity index (χ2v) is 14.0. The van der Waals surface area contributed by atoms with Crippen LogP contribution in [0.1, 0.15) is 66.0 Å². The van der Waals surface area contributed by atoms with Crippen molar-refractivity contribution < 1.29 is 52.8 Å². The van der Waals surface area contributed by atoms with Gasteiger partial charge in [0.15, 0.2) is 6.23 Å². The van der Waals surface area contributed by atoms with Gasteiger partial charge in [0.1, 0.15) is 23.7 Å². The van der Waals surface area contributed by atoms with E-state index in [4.69, 9.17) is 18.9 Å². The van der Waals surface area contributed by atoms with E-state index < -0.39 is 73.0 Å². The molecule has 16 nitrogen and oxygen atoms in total. The molecule has 1 aliphatic heterocycles. The van der Waals surface area contributed by atoms with Crippen LogP contribution in [0.4, 0.5) is 0 Å². The molecule has 3 amide bonds. The number of ketones is 2. The van der Waals surface area contributed by atoms with Gasteiger partial charge in [0.2, 0.25) is 17.7 Å². The van der Waals surface area contributed by atoms with Gasteiger partial charge in [0.25, 0.3) is 0 Å². The zero-order chi connectivity index (χ0) is 40.5. The number of aromatic nitrogens is 1. The summed E-state index contributed by atoms with van der Waals surface area (Å²) < 4.78 is 24.5. The molecule has 2 heterocycles. The van der Waals surface area contributed by atoms with Crippen LogP contribution in [0.5, 0.6) is 0 Å². The van der Waals surface area contributed by atoms with Gasteiger partial charge in [-0.05, 0) is 38.0 Å². The number of Topliss-reactive ketones (excluding diaryl/α,β-unsaturated/α-hetero) is 2. The number of carbonyl (C=O) groups excluding carboxylic acids is 6. The summed E-state index contributed by atoms with van der Waals surface area (Å²) in [5.41, 5.74) is 2.05. The van der Waals surface area contributed by atoms with E-state index in [9.17, 15) is 33.9 Å². The average Bonchev–Trinajstić information content (AvgIpc) is 3.48. The van der Waals surface area contributed by atoms with Gasteiger partial charge >= 0.3 is 5.97 Å². The van der Waals surface area contributed by atoms with Crippen LogP contribution in [0.15, 0.2) is 30.3 Å². The lowest BCUT2D eigenvalue weighted by Crippen LogP contribution is -2.66. The third kappa shape index (κ3) is 14.7. The summed E-state index contributed by atoms with van der Waals surface area (Å²) in [5, 5.41) is 19.2. The molecular formula is C39H59N5O11. The number of amides is 3. The molecule has 1 aromatic heterocycles. The monoisotopic (exact) mass is 773 g/mol. The quantitative estimate of drug-likeness (QED) is 0.0886. The Morgan fingerprint density at radius 3 is 2.33 bits per heavy atom. The van der Waals surface area contributed by atoms with Gasteiger partial charge in [-0.3, -0.25) is 28.8 Å². The molecule has 6 atom stereocenters. The second-order valence-electron chi connectivity index (χ2n) is 14.0. The number of aliphatic hydroxyl groups is 1. The van der Waals surface area contributed by atoms with Crippen molar-refractivity contribution in [2.24, 2.45) is 11.8 Å². The SMILES string of the molecule is CCN(C)Cc1cc2ccccc2n1CCC(=O)C[C@@H](CC(=O)N[C@H]1O[C@@H](CO)[C@H](C)[C@@H](OC(C)=O)[C@@H]1NC(C)=O)C(=O)NCCOCCOCCC(C)=O. The molecule has 2 aromatic rings. The Kier molecular flexibility index (Phi) is 18.9. The van der Waals surface area contributed by atoms with E-state index in [1.807, 2.05) is 31.3 Å². The van der Waals surface area contributed by atoms with E-state index >= 15 is 0 Å². The van der Waals surface area contributed by atoms with E-state index in [0.29, 0.717) is 26.1 Å². The second kappa shape index (κ2) is 23.0. The van der Waals surface area contributed by atoms with Gasteiger partial charge in [-0.15, -0.1) is 0 Å². The van der Waals surface area contributed by atoms with Crippen molar-refractivity contribution in [3.8, 4) is 0 Å². The van der Waals surface area contributed by atoms with Gasteiger partial charge in [0, 0.05) is 76.3 Å². The maximum absolute atomic E-state index is 13.6. The number of rotatable bonds is 24. The third-order valence-corrected chi connectivity index (χ3v) is 9.54. The highest BCUT2D eigenvalue weighted by atomic mass is 16.6. The Morgan fingerprint density at radius 1 is 0.964 bits per heavy atom. The van der Waals surface area contributed by atoms with Crippen molar-refractivity contribution >= 4 is 46.2 Å². The highest BCUT2D eigenvalue weighted by Crippen LogP contribution is 2.28. The highest BCUT2D eigenvalue weighted by molar-refractivity contribution is 5.91. The maximum Gasteiger partial charge on any atom is 0.302 e. The predicted molar refractivity (Wildman–Crippen MR) is 202 cm³/mol. The molecule has 3 rings (SSSR count). The lowest BCUT2D eigenvalue weighted by atomic mass is 9.88. The number of hydrogen-bond acceptors (Lipinski definition) is 12. The molecule has 0 bridgehead atoms. The van der Waals surface area contributed by atoms with Crippen LogP contribution in [-0.2, 0) is 60.8 Å². The summed E-state index contributed by atoms with van der Waals surface area (Å²) in [5.74, 6) is -4.04. The smallest absolute Gasteiger partial charge is 0.302 e. The van der Waals surface area contributed by atoms with Crippen molar-refractivity contribution in [1.82, 2.24) is 25.4 Å². The lowest BCUT2D eigenvalue weighted by molar-refractivity contribution is -0.194. The molecule has 1 fully saturated rings. The fourth-order valence-corrected chi connectivity index (χ4v) is 6.50. The van der Waals surface area contributed by atoms with Crippen molar-refractivity contribution in [2.75, 3.05) is 53.2 Å². The molecule has 0 unspecified atom stereocenters. The summed E-state index contributed by atoms with van der Waals surface area (Å²) >= 11 is 0. The fraction of sp³-hybridized carbons (Fsp3) is 0.641. The topological polar surface area (TPSA) is 204 Å². The lowest BCUT2D eigenvalue weighted by Gasteiger charge is -2.45. The normalized spacial score (nSPS) is 20.2. The minimum atomic E-state index is -1.22. The molecule has 1 saturated heterocycles. The number of carbonyl (C=O) groups is 6. The number of aryl methyl sites for hydroxylation is 1. The van der Waals surface area contributed by atoms with Crippen molar-refractivity contribution in [1.29, 1.82) is 0 Å². The standard InChI is InChI=1S/C39H59N5O11/c1-7-43(6)23-31-20-29-10-8-9-11-33(29)44(31)15-12-32(49)21-30(38(51)40-14-17-53-19-18-52-16-13-25(2)46)22-35(50)42-39-36(41-27(4)47)37(54-28(5)48)26(3)34(24-45)55-39/h8-11,20,26,30,34,36-37,39,45H,7,12-19,21-24H2,1-6H3,(H,40,51)(H,41,47)(H,42,50)/t26-,30-,34-,36-,37+,39-/m0/s1. The first-order chi connectivity index (χ1) is 26.2. The summed E-state index contributed by atoms with van der Waals surface area (Å²) in [6, 6.07) is 9.06. The Morgan fingerprint density at radius 2 is 1.67 bits per heavy atom. The Balaban J connectivity index is 1.73. The summed E-state index contributed by atoms with van der Waals surface area (Å²) in [7, 11) is 2.02. The molecular weight excluding hydrogens is 714 g/mol. The van der Waals surface area contributed by atoms with E-state index in [0.717, 1.165) is 23.1 Å². The van der Waals surface area contributed by atoms with Gasteiger partial charge in [-0.1, -0.05) is 32.0 Å². The molecule has 0 aliphatic carbocycles. The van der Waals surface area contributed by atoms with Crippen molar-refractivity contribution in [3.05, 3.63) is 36.0 Å². The third-order valence-electron chi connectivity index (χ3n) is 9.54. The number of nitrogens with one attached hydrogen (secondary N) is 3. The molecule has 4 N–H and O–H groups in total. The van der Waals surface area contributed by atoms with Crippen LogP contribution < -0.4 is 16.0 Å². The number of aliphatic hydroxyl groups excluding tert-OH is 1. The number of nitrogens with zero attached hydrogens (tertiary/aromatic N) is 2. The van der Waals surface area contributed by atoms with Crippen LogP contribution in [0.2, 0.25) is 0 Å². The minimum absolute atomic E-state index is 0.0297. The largest absolute Gasteiger partial charge is 0.460 e. The Hall–Kier alpha value is -4.22. The molecule has 55 heavy (non-hydrogen) atoms. The molecule has 0 spiro atoms. The number of ether oxygens (including phenoxy) is 4. The van der Waals surface area contributed by atoms with E-state index in [1.165, 1.54) is 20.8 Å². The van der Waals surface area contributed by atoms with Crippen LogP contribution in [0.25, 0.3) is 10.9 Å². The van der Waals surface area contributed by atoms with Crippen molar-refractivity contribution in [3.63, 3.8) is 0 Å². The van der Waals surface area contributed by atoms with Crippen LogP contribution in [0.3, 0.4) is 0 Å². The minimum Gasteiger partial charge on any atom is -0.460 e. The van der Waals surface area contributed by atoms with Gasteiger partial charge in [-0.2, -0.15) is 0 Å². The summed E-state index contributed by atoms with van der Waals surface area (Å²) in [4.78, 5) is 78.1. The van der Waals surface area contributed by atoms with Crippen LogP contribution >= 0.6 is 0 Å². The highest BCUT2D eigenvalue weighted by Gasteiger charge is 2.46. The summed E-state index contributed by atoms with van der Waals surface area (Å²) in [6.07, 6.45) is -3.18.